The number of hydrogen-bond acceptors (Lipinski definition) is 3. The van der Waals surface area contributed by atoms with Gasteiger partial charge in [0.05, 0.1) is 6.26 Å². The molecule has 13 heavy (non-hydrogen) atoms. The highest BCUT2D eigenvalue weighted by molar-refractivity contribution is 7.88. The van der Waals surface area contributed by atoms with Crippen LogP contribution in [0, 0.1) is 0 Å². The van der Waals surface area contributed by atoms with E-state index in [0.29, 0.717) is 6.54 Å². The van der Waals surface area contributed by atoms with E-state index >= 15 is 0 Å². The van der Waals surface area contributed by atoms with Crippen molar-refractivity contribution in [3.8, 4) is 0 Å². The number of rotatable bonds is 2. The monoisotopic (exact) mass is 206 g/mol. The summed E-state index contributed by atoms with van der Waals surface area (Å²) in [5.74, 6) is 0. The van der Waals surface area contributed by atoms with Crippen LogP contribution in [0.25, 0.3) is 0 Å². The van der Waals surface area contributed by atoms with E-state index in [9.17, 15) is 8.42 Å². The first-order chi connectivity index (χ1) is 5.96. The van der Waals surface area contributed by atoms with Crippen molar-refractivity contribution >= 4 is 10.0 Å². The Bertz CT molecular complexity index is 263. The second kappa shape index (κ2) is 3.94. The lowest BCUT2D eigenvalue weighted by Gasteiger charge is -2.38. The third kappa shape index (κ3) is 2.42. The van der Waals surface area contributed by atoms with Crippen molar-refractivity contribution in [3.05, 3.63) is 0 Å². The first-order valence-corrected chi connectivity index (χ1v) is 6.50. The molecule has 1 saturated heterocycles. The number of sulfonamides is 1. The van der Waals surface area contributed by atoms with E-state index in [0.717, 1.165) is 19.3 Å². The fourth-order valence-electron chi connectivity index (χ4n) is 2.08. The van der Waals surface area contributed by atoms with Gasteiger partial charge in [0.2, 0.25) is 10.0 Å². The number of piperidine rings is 1. The summed E-state index contributed by atoms with van der Waals surface area (Å²) in [4.78, 5) is 0. The van der Waals surface area contributed by atoms with Gasteiger partial charge in [-0.1, -0.05) is 6.42 Å². The zero-order valence-corrected chi connectivity index (χ0v) is 9.05. The molecule has 1 aliphatic rings. The predicted molar refractivity (Wildman–Crippen MR) is 52.8 cm³/mol. The van der Waals surface area contributed by atoms with Crippen LogP contribution in [0.5, 0.6) is 0 Å². The van der Waals surface area contributed by atoms with Gasteiger partial charge >= 0.3 is 0 Å². The topological polar surface area (TPSA) is 63.4 Å². The van der Waals surface area contributed by atoms with Gasteiger partial charge in [0.15, 0.2) is 0 Å². The molecule has 0 aromatic heterocycles. The Kier molecular flexibility index (Phi) is 3.32. The summed E-state index contributed by atoms with van der Waals surface area (Å²) in [6, 6.07) is 0.121. The lowest BCUT2D eigenvalue weighted by atomic mass is 10.00. The Balaban J connectivity index is 2.86. The van der Waals surface area contributed by atoms with Crippen molar-refractivity contribution in [3.63, 3.8) is 0 Å². The molecule has 1 fully saturated rings. The van der Waals surface area contributed by atoms with Crippen LogP contribution in [0.3, 0.4) is 0 Å². The second-order valence-electron chi connectivity index (χ2n) is 3.76. The number of nitrogens with zero attached hydrogens (tertiary/aromatic N) is 1. The minimum Gasteiger partial charge on any atom is -0.329 e. The summed E-state index contributed by atoms with van der Waals surface area (Å²) >= 11 is 0. The maximum absolute atomic E-state index is 11.4. The molecule has 1 aliphatic heterocycles. The van der Waals surface area contributed by atoms with E-state index in [1.54, 1.807) is 4.31 Å². The molecule has 0 amide bonds. The lowest BCUT2D eigenvalue weighted by Crippen LogP contribution is -2.51. The standard InChI is InChI=1S/C8H18N2O2S/c1-7-4-3-5-8(6-9)10(7)13(2,11)12/h7-8H,3-6,9H2,1-2H3. The Hall–Kier alpha value is -0.130. The Morgan fingerprint density at radius 1 is 1.46 bits per heavy atom. The van der Waals surface area contributed by atoms with Crippen LogP contribution in [0.2, 0.25) is 0 Å². The van der Waals surface area contributed by atoms with Crippen LogP contribution in [0.15, 0.2) is 0 Å². The van der Waals surface area contributed by atoms with Gasteiger partial charge in [0.25, 0.3) is 0 Å². The van der Waals surface area contributed by atoms with Crippen molar-refractivity contribution < 1.29 is 8.42 Å². The molecule has 2 atom stereocenters. The summed E-state index contributed by atoms with van der Waals surface area (Å²) in [6.07, 6.45) is 4.18. The fourth-order valence-corrected chi connectivity index (χ4v) is 3.57. The summed E-state index contributed by atoms with van der Waals surface area (Å²) in [5.41, 5.74) is 5.55. The SMILES string of the molecule is CC1CCCC(CN)N1S(C)(=O)=O. The van der Waals surface area contributed by atoms with Crippen LogP contribution in [-0.4, -0.2) is 37.6 Å². The first kappa shape index (κ1) is 10.9. The molecule has 5 heteroatoms. The highest BCUT2D eigenvalue weighted by Gasteiger charge is 2.33. The van der Waals surface area contributed by atoms with Gasteiger partial charge in [0, 0.05) is 18.6 Å². The molecular weight excluding hydrogens is 188 g/mol. The van der Waals surface area contributed by atoms with Crippen LogP contribution >= 0.6 is 0 Å². The van der Waals surface area contributed by atoms with E-state index in [2.05, 4.69) is 0 Å². The highest BCUT2D eigenvalue weighted by atomic mass is 32.2. The van der Waals surface area contributed by atoms with Crippen molar-refractivity contribution in [2.24, 2.45) is 5.73 Å². The third-order valence-electron chi connectivity index (χ3n) is 2.61. The molecule has 0 spiro atoms. The largest absolute Gasteiger partial charge is 0.329 e. The molecule has 0 aromatic carbocycles. The van der Waals surface area contributed by atoms with Gasteiger partial charge in [-0.3, -0.25) is 0 Å². The van der Waals surface area contributed by atoms with E-state index in [-0.39, 0.29) is 12.1 Å². The van der Waals surface area contributed by atoms with Gasteiger partial charge in [0.1, 0.15) is 0 Å². The minimum atomic E-state index is -3.08. The number of nitrogens with two attached hydrogens (primary N) is 1. The predicted octanol–water partition coefficient (Wildman–Crippen LogP) is 0.148. The van der Waals surface area contributed by atoms with Crippen molar-refractivity contribution in [1.29, 1.82) is 0 Å². The van der Waals surface area contributed by atoms with Gasteiger partial charge in [-0.25, -0.2) is 8.42 Å². The second-order valence-corrected chi connectivity index (χ2v) is 5.65. The summed E-state index contributed by atoms with van der Waals surface area (Å²) in [5, 5.41) is 0. The number of hydrogen-bond donors (Lipinski definition) is 1. The average Bonchev–Trinajstić information content (AvgIpc) is 2.01. The minimum absolute atomic E-state index is 0.0127. The summed E-state index contributed by atoms with van der Waals surface area (Å²) < 4.78 is 24.4. The highest BCUT2D eigenvalue weighted by Crippen LogP contribution is 2.24. The average molecular weight is 206 g/mol. The molecular formula is C8H18N2O2S. The van der Waals surface area contributed by atoms with Crippen LogP contribution in [-0.2, 0) is 10.0 Å². The zero-order valence-electron chi connectivity index (χ0n) is 8.23. The van der Waals surface area contributed by atoms with E-state index in [1.807, 2.05) is 6.92 Å². The van der Waals surface area contributed by atoms with Gasteiger partial charge in [-0.15, -0.1) is 0 Å². The van der Waals surface area contributed by atoms with Crippen LogP contribution < -0.4 is 5.73 Å². The van der Waals surface area contributed by atoms with Crippen molar-refractivity contribution in [2.75, 3.05) is 12.8 Å². The molecule has 0 aliphatic carbocycles. The Morgan fingerprint density at radius 3 is 2.46 bits per heavy atom. The van der Waals surface area contributed by atoms with E-state index in [4.69, 9.17) is 5.73 Å². The Labute approximate surface area is 80.1 Å². The van der Waals surface area contributed by atoms with E-state index < -0.39 is 10.0 Å². The third-order valence-corrected chi connectivity index (χ3v) is 4.03. The van der Waals surface area contributed by atoms with Crippen molar-refractivity contribution in [2.45, 2.75) is 38.3 Å². The maximum atomic E-state index is 11.4. The molecule has 0 saturated carbocycles. The van der Waals surface area contributed by atoms with Gasteiger partial charge in [-0.05, 0) is 19.8 Å². The zero-order chi connectivity index (χ0) is 10.1. The quantitative estimate of drug-likeness (QED) is 0.699. The maximum Gasteiger partial charge on any atom is 0.211 e. The molecule has 0 radical (unpaired) electrons. The van der Waals surface area contributed by atoms with Crippen LogP contribution in [0.1, 0.15) is 26.2 Å². The fraction of sp³-hybridized carbons (Fsp3) is 1.00. The molecule has 0 aromatic rings. The Morgan fingerprint density at radius 2 is 2.08 bits per heavy atom. The van der Waals surface area contributed by atoms with Crippen molar-refractivity contribution in [1.82, 2.24) is 4.31 Å². The van der Waals surface area contributed by atoms with Crippen LogP contribution in [0.4, 0.5) is 0 Å². The van der Waals surface area contributed by atoms with E-state index in [1.165, 1.54) is 6.26 Å². The molecule has 2 unspecified atom stereocenters. The molecule has 4 nitrogen and oxygen atoms in total. The normalized spacial score (nSPS) is 31.9. The molecule has 1 heterocycles. The molecule has 0 bridgehead atoms. The molecule has 1 rings (SSSR count). The van der Waals surface area contributed by atoms with Gasteiger partial charge in [-0.2, -0.15) is 4.31 Å². The molecule has 78 valence electrons. The summed E-state index contributed by atoms with van der Waals surface area (Å²) in [7, 11) is -3.08. The molecule has 2 N–H and O–H groups in total. The first-order valence-electron chi connectivity index (χ1n) is 4.65. The lowest BCUT2D eigenvalue weighted by molar-refractivity contribution is 0.197. The smallest absolute Gasteiger partial charge is 0.211 e. The van der Waals surface area contributed by atoms with Gasteiger partial charge < -0.3 is 5.73 Å². The summed E-state index contributed by atoms with van der Waals surface area (Å²) in [6.45, 7) is 2.38.